The molecule has 13 heteroatoms. The van der Waals surface area contributed by atoms with Gasteiger partial charge in [-0.15, -0.1) is 0 Å². The molecule has 1 N–H and O–H groups in total. The van der Waals surface area contributed by atoms with Crippen molar-refractivity contribution in [3.8, 4) is 17.2 Å². The maximum absolute atomic E-state index is 14.1. The SMILES string of the molecule is CCOc1ccc(N(CC(=O)N(Cc2c(Cl)cccc2Cl)[C@H](C)C(=O)NC)S(=O)(=O)c2ccc(OC)c(OC)c2)cc1. The number of ether oxygens (including phenoxy) is 3. The molecule has 226 valence electrons. The zero-order valence-electron chi connectivity index (χ0n) is 23.9. The van der Waals surface area contributed by atoms with Crippen LogP contribution in [0.4, 0.5) is 5.69 Å². The molecule has 0 unspecified atom stereocenters. The average Bonchev–Trinajstić information content (AvgIpc) is 2.99. The fourth-order valence-electron chi connectivity index (χ4n) is 4.15. The van der Waals surface area contributed by atoms with Crippen molar-refractivity contribution in [1.82, 2.24) is 10.2 Å². The number of sulfonamides is 1. The highest BCUT2D eigenvalue weighted by molar-refractivity contribution is 7.92. The molecule has 0 spiro atoms. The van der Waals surface area contributed by atoms with Gasteiger partial charge in [-0.1, -0.05) is 29.3 Å². The highest BCUT2D eigenvalue weighted by Crippen LogP contribution is 2.33. The molecule has 2 amide bonds. The third-order valence-electron chi connectivity index (χ3n) is 6.46. The van der Waals surface area contributed by atoms with E-state index < -0.39 is 34.4 Å². The van der Waals surface area contributed by atoms with Crippen LogP contribution in [0.25, 0.3) is 0 Å². The van der Waals surface area contributed by atoms with Gasteiger partial charge in [-0.25, -0.2) is 8.42 Å². The van der Waals surface area contributed by atoms with E-state index in [1.807, 2.05) is 6.92 Å². The number of amides is 2. The smallest absolute Gasteiger partial charge is 0.264 e. The van der Waals surface area contributed by atoms with Gasteiger partial charge in [0.25, 0.3) is 10.0 Å². The number of carbonyl (C=O) groups is 2. The Hall–Kier alpha value is -3.67. The molecule has 3 rings (SSSR count). The van der Waals surface area contributed by atoms with Crippen LogP contribution in [0, 0.1) is 0 Å². The zero-order valence-corrected chi connectivity index (χ0v) is 26.2. The summed E-state index contributed by atoms with van der Waals surface area (Å²) in [6, 6.07) is 14.3. The van der Waals surface area contributed by atoms with Gasteiger partial charge in [-0.2, -0.15) is 0 Å². The summed E-state index contributed by atoms with van der Waals surface area (Å²) in [6.45, 7) is 3.00. The maximum Gasteiger partial charge on any atom is 0.264 e. The number of rotatable bonds is 13. The van der Waals surface area contributed by atoms with Crippen molar-refractivity contribution in [1.29, 1.82) is 0 Å². The Morgan fingerprint density at radius 2 is 1.57 bits per heavy atom. The van der Waals surface area contributed by atoms with Gasteiger partial charge >= 0.3 is 0 Å². The predicted molar refractivity (Wildman–Crippen MR) is 162 cm³/mol. The van der Waals surface area contributed by atoms with Crippen molar-refractivity contribution in [3.63, 3.8) is 0 Å². The lowest BCUT2D eigenvalue weighted by molar-refractivity contribution is -0.139. The normalized spacial score (nSPS) is 11.8. The van der Waals surface area contributed by atoms with Crippen molar-refractivity contribution in [2.45, 2.75) is 31.3 Å². The van der Waals surface area contributed by atoms with Crippen LogP contribution < -0.4 is 23.8 Å². The molecule has 0 saturated heterocycles. The second kappa shape index (κ2) is 14.5. The Morgan fingerprint density at radius 3 is 2.12 bits per heavy atom. The molecule has 0 aliphatic rings. The lowest BCUT2D eigenvalue weighted by Gasteiger charge is -2.32. The fourth-order valence-corrected chi connectivity index (χ4v) is 6.10. The average molecular weight is 639 g/mol. The molecule has 0 bridgehead atoms. The van der Waals surface area contributed by atoms with Gasteiger partial charge in [-0.05, 0) is 62.4 Å². The predicted octanol–water partition coefficient (Wildman–Crippen LogP) is 4.77. The number of methoxy groups -OCH3 is 2. The summed E-state index contributed by atoms with van der Waals surface area (Å²) in [4.78, 5) is 27.7. The van der Waals surface area contributed by atoms with Crippen molar-refractivity contribution in [2.75, 3.05) is 38.7 Å². The molecule has 10 nitrogen and oxygen atoms in total. The number of nitrogens with one attached hydrogen (secondary N) is 1. The second-order valence-corrected chi connectivity index (χ2v) is 11.6. The number of carbonyl (C=O) groups excluding carboxylic acids is 2. The maximum atomic E-state index is 14.1. The topological polar surface area (TPSA) is 114 Å². The minimum Gasteiger partial charge on any atom is -0.494 e. The van der Waals surface area contributed by atoms with Crippen LogP contribution >= 0.6 is 23.2 Å². The molecule has 42 heavy (non-hydrogen) atoms. The molecule has 0 aliphatic heterocycles. The van der Waals surface area contributed by atoms with E-state index in [0.29, 0.717) is 33.7 Å². The number of anilines is 1. The van der Waals surface area contributed by atoms with Crippen LogP contribution in [0.2, 0.25) is 10.0 Å². The van der Waals surface area contributed by atoms with E-state index in [1.54, 1.807) is 30.3 Å². The molecule has 1 atom stereocenters. The Balaban J connectivity index is 2.11. The Morgan fingerprint density at radius 1 is 0.952 bits per heavy atom. The van der Waals surface area contributed by atoms with Gasteiger partial charge in [0.05, 0.1) is 31.4 Å². The van der Waals surface area contributed by atoms with Crippen LogP contribution in [-0.4, -0.2) is 65.6 Å². The van der Waals surface area contributed by atoms with E-state index in [0.717, 1.165) is 4.31 Å². The van der Waals surface area contributed by atoms with Gasteiger partial charge in [-0.3, -0.25) is 13.9 Å². The summed E-state index contributed by atoms with van der Waals surface area (Å²) in [5.41, 5.74) is 0.616. The summed E-state index contributed by atoms with van der Waals surface area (Å²) in [5.74, 6) is -0.0664. The Labute approximate surface area is 256 Å². The first kappa shape index (κ1) is 32.8. The molecule has 0 radical (unpaired) electrons. The molecular formula is C29H33Cl2N3O7S. The second-order valence-electron chi connectivity index (χ2n) is 8.97. The van der Waals surface area contributed by atoms with Gasteiger partial charge in [0.15, 0.2) is 11.5 Å². The minimum atomic E-state index is -4.35. The Kier molecular flexibility index (Phi) is 11.3. The van der Waals surface area contributed by atoms with Crippen LogP contribution in [0.3, 0.4) is 0 Å². The third kappa shape index (κ3) is 7.39. The van der Waals surface area contributed by atoms with E-state index in [1.165, 1.54) is 63.4 Å². The molecule has 0 fully saturated rings. The molecular weight excluding hydrogens is 605 g/mol. The largest absolute Gasteiger partial charge is 0.494 e. The fraction of sp³-hybridized carbons (Fsp3) is 0.310. The number of likely N-dealkylation sites (N-methyl/N-ethyl adjacent to an activating group) is 1. The van der Waals surface area contributed by atoms with Gasteiger partial charge < -0.3 is 24.4 Å². The van der Waals surface area contributed by atoms with Gasteiger partial charge in [0.1, 0.15) is 18.3 Å². The first-order chi connectivity index (χ1) is 20.0. The van der Waals surface area contributed by atoms with Crippen molar-refractivity contribution < 1.29 is 32.2 Å². The lowest BCUT2D eigenvalue weighted by Crippen LogP contribution is -2.50. The number of hydrogen-bond acceptors (Lipinski definition) is 7. The molecule has 0 heterocycles. The summed E-state index contributed by atoms with van der Waals surface area (Å²) >= 11 is 12.8. The number of nitrogens with zero attached hydrogens (tertiary/aromatic N) is 2. The lowest BCUT2D eigenvalue weighted by atomic mass is 10.1. The van der Waals surface area contributed by atoms with E-state index in [9.17, 15) is 18.0 Å². The van der Waals surface area contributed by atoms with Crippen LogP contribution in [-0.2, 0) is 26.2 Å². The van der Waals surface area contributed by atoms with E-state index >= 15 is 0 Å². The highest BCUT2D eigenvalue weighted by Gasteiger charge is 2.33. The van der Waals surface area contributed by atoms with Crippen molar-refractivity contribution >= 4 is 50.7 Å². The van der Waals surface area contributed by atoms with Crippen molar-refractivity contribution in [3.05, 3.63) is 76.3 Å². The minimum absolute atomic E-state index is 0.137. The molecule has 3 aromatic rings. The zero-order chi connectivity index (χ0) is 31.0. The van der Waals surface area contributed by atoms with E-state index in [-0.39, 0.29) is 22.9 Å². The molecule has 3 aromatic carbocycles. The number of halogens is 2. The number of benzene rings is 3. The van der Waals surface area contributed by atoms with E-state index in [2.05, 4.69) is 5.32 Å². The van der Waals surface area contributed by atoms with Crippen molar-refractivity contribution in [2.24, 2.45) is 0 Å². The molecule has 0 aliphatic carbocycles. The summed E-state index contributed by atoms with van der Waals surface area (Å²) in [5, 5.41) is 3.12. The van der Waals surface area contributed by atoms with E-state index in [4.69, 9.17) is 37.4 Å². The summed E-state index contributed by atoms with van der Waals surface area (Å²) < 4.78 is 45.2. The Bertz CT molecular complexity index is 1500. The van der Waals surface area contributed by atoms with Gasteiger partial charge in [0, 0.05) is 35.3 Å². The number of hydrogen-bond donors (Lipinski definition) is 1. The molecule has 0 aromatic heterocycles. The first-order valence-electron chi connectivity index (χ1n) is 12.9. The standard InChI is InChI=1S/C29H33Cl2N3O7S/c1-6-41-21-12-10-20(11-13-21)34(42(37,38)22-14-15-26(39-4)27(16-22)40-5)18-28(35)33(19(2)29(36)32-3)17-23-24(30)8-7-9-25(23)31/h7-16,19H,6,17-18H2,1-5H3,(H,32,36)/t19-/m1/s1. The van der Waals surface area contributed by atoms with Crippen LogP contribution in [0.5, 0.6) is 17.2 Å². The third-order valence-corrected chi connectivity index (χ3v) is 8.94. The highest BCUT2D eigenvalue weighted by atomic mass is 35.5. The quantitative estimate of drug-likeness (QED) is 0.287. The first-order valence-corrected chi connectivity index (χ1v) is 15.1. The van der Waals surface area contributed by atoms with Crippen LogP contribution in [0.1, 0.15) is 19.4 Å². The van der Waals surface area contributed by atoms with Crippen LogP contribution in [0.15, 0.2) is 65.6 Å². The monoisotopic (exact) mass is 637 g/mol. The summed E-state index contributed by atoms with van der Waals surface area (Å²) in [6.07, 6.45) is 0. The molecule has 0 saturated carbocycles. The van der Waals surface area contributed by atoms with Gasteiger partial charge in [0.2, 0.25) is 11.8 Å². The summed E-state index contributed by atoms with van der Waals surface area (Å²) in [7, 11) is -0.0835.